The molecule has 4 rings (SSSR count). The maximum absolute atomic E-state index is 13.2. The van der Waals surface area contributed by atoms with Gasteiger partial charge >= 0.3 is 6.61 Å². The fourth-order valence-corrected chi connectivity index (χ4v) is 3.87. The lowest BCUT2D eigenvalue weighted by molar-refractivity contribution is -0.113. The maximum Gasteiger partial charge on any atom is 0.387 e. The van der Waals surface area contributed by atoms with Crippen LogP contribution >= 0.6 is 11.8 Å². The van der Waals surface area contributed by atoms with Gasteiger partial charge < -0.3 is 10.1 Å². The molecular formula is C23H17F2N3O3S. The van der Waals surface area contributed by atoms with Gasteiger partial charge in [-0.05, 0) is 48.5 Å². The van der Waals surface area contributed by atoms with Crippen molar-refractivity contribution in [3.8, 4) is 11.4 Å². The van der Waals surface area contributed by atoms with E-state index in [0.29, 0.717) is 27.4 Å². The van der Waals surface area contributed by atoms with Gasteiger partial charge in [0, 0.05) is 5.69 Å². The van der Waals surface area contributed by atoms with Crippen LogP contribution in [0.4, 0.5) is 14.5 Å². The highest BCUT2D eigenvalue weighted by Gasteiger charge is 2.15. The molecule has 0 saturated carbocycles. The molecule has 0 aliphatic carbocycles. The van der Waals surface area contributed by atoms with Crippen molar-refractivity contribution in [1.29, 1.82) is 0 Å². The summed E-state index contributed by atoms with van der Waals surface area (Å²) in [6.07, 6.45) is 0. The summed E-state index contributed by atoms with van der Waals surface area (Å²) in [6.45, 7) is -2.94. The van der Waals surface area contributed by atoms with Crippen LogP contribution in [0.5, 0.6) is 5.75 Å². The Kier molecular flexibility index (Phi) is 6.46. The van der Waals surface area contributed by atoms with Crippen LogP contribution in [0, 0.1) is 0 Å². The number of hydrogen-bond acceptors (Lipinski definition) is 5. The molecule has 0 fully saturated rings. The summed E-state index contributed by atoms with van der Waals surface area (Å²) < 4.78 is 30.6. The van der Waals surface area contributed by atoms with E-state index in [2.05, 4.69) is 15.0 Å². The lowest BCUT2D eigenvalue weighted by Crippen LogP contribution is -2.23. The SMILES string of the molecule is O=C(CSc1nc2ccccc2c(=O)n1-c1ccc(OC(F)F)cc1)Nc1ccccc1. The Labute approximate surface area is 185 Å². The number of amides is 1. The highest BCUT2D eigenvalue weighted by molar-refractivity contribution is 7.99. The van der Waals surface area contributed by atoms with Crippen molar-refractivity contribution >= 4 is 34.3 Å². The highest BCUT2D eigenvalue weighted by atomic mass is 32.2. The minimum absolute atomic E-state index is 0.0201. The van der Waals surface area contributed by atoms with E-state index in [1.54, 1.807) is 36.4 Å². The van der Waals surface area contributed by atoms with Gasteiger partial charge in [0.05, 0.1) is 22.3 Å². The van der Waals surface area contributed by atoms with E-state index in [1.165, 1.54) is 28.8 Å². The van der Waals surface area contributed by atoms with Gasteiger partial charge in [0.2, 0.25) is 5.91 Å². The molecule has 0 aliphatic heterocycles. The number of anilines is 1. The number of thioether (sulfide) groups is 1. The first kappa shape index (κ1) is 21.5. The number of halogens is 2. The van der Waals surface area contributed by atoms with Crippen LogP contribution < -0.4 is 15.6 Å². The van der Waals surface area contributed by atoms with E-state index in [1.807, 2.05) is 18.2 Å². The van der Waals surface area contributed by atoms with Crippen molar-refractivity contribution in [2.75, 3.05) is 11.1 Å². The average molecular weight is 453 g/mol. The molecule has 6 nitrogen and oxygen atoms in total. The zero-order chi connectivity index (χ0) is 22.5. The third-order valence-electron chi connectivity index (χ3n) is 4.45. The van der Waals surface area contributed by atoms with Gasteiger partial charge in [0.15, 0.2) is 5.16 Å². The van der Waals surface area contributed by atoms with Crippen LogP contribution in [0.1, 0.15) is 0 Å². The number of ether oxygens (including phenoxy) is 1. The van der Waals surface area contributed by atoms with Gasteiger partial charge in [-0.15, -0.1) is 0 Å². The highest BCUT2D eigenvalue weighted by Crippen LogP contribution is 2.23. The van der Waals surface area contributed by atoms with Crippen molar-refractivity contribution in [2.45, 2.75) is 11.8 Å². The van der Waals surface area contributed by atoms with Crippen molar-refractivity contribution in [3.63, 3.8) is 0 Å². The summed E-state index contributed by atoms with van der Waals surface area (Å²) in [7, 11) is 0. The lowest BCUT2D eigenvalue weighted by atomic mass is 10.2. The van der Waals surface area contributed by atoms with E-state index in [4.69, 9.17) is 0 Å². The fraction of sp³-hybridized carbons (Fsp3) is 0.0870. The van der Waals surface area contributed by atoms with Gasteiger partial charge in [-0.2, -0.15) is 8.78 Å². The minimum Gasteiger partial charge on any atom is -0.435 e. The van der Waals surface area contributed by atoms with Gasteiger partial charge in [-0.25, -0.2) is 4.98 Å². The molecule has 3 aromatic carbocycles. The second-order valence-electron chi connectivity index (χ2n) is 6.63. The Bertz CT molecular complexity index is 1300. The summed E-state index contributed by atoms with van der Waals surface area (Å²) in [5, 5.41) is 3.49. The van der Waals surface area contributed by atoms with Gasteiger partial charge in [0.25, 0.3) is 5.56 Å². The number of alkyl halides is 2. The fourth-order valence-electron chi connectivity index (χ4n) is 3.06. The second kappa shape index (κ2) is 9.61. The number of para-hydroxylation sites is 2. The Balaban J connectivity index is 1.66. The summed E-state index contributed by atoms with van der Waals surface area (Å²) in [6, 6.07) is 21.6. The van der Waals surface area contributed by atoms with Crippen molar-refractivity contribution in [3.05, 3.63) is 89.2 Å². The third kappa shape index (κ3) is 4.94. The molecule has 162 valence electrons. The smallest absolute Gasteiger partial charge is 0.387 e. The normalized spacial score (nSPS) is 11.0. The third-order valence-corrected chi connectivity index (χ3v) is 5.39. The lowest BCUT2D eigenvalue weighted by Gasteiger charge is -2.14. The van der Waals surface area contributed by atoms with Crippen LogP contribution in [0.2, 0.25) is 0 Å². The maximum atomic E-state index is 13.2. The molecule has 0 atom stereocenters. The molecule has 4 aromatic rings. The Morgan fingerprint density at radius 1 is 1.00 bits per heavy atom. The zero-order valence-corrected chi connectivity index (χ0v) is 17.4. The average Bonchev–Trinajstić information content (AvgIpc) is 2.79. The number of nitrogens with zero attached hydrogens (tertiary/aromatic N) is 2. The first-order valence-electron chi connectivity index (χ1n) is 9.56. The van der Waals surface area contributed by atoms with Gasteiger partial charge in [0.1, 0.15) is 5.75 Å². The van der Waals surface area contributed by atoms with Crippen LogP contribution in [-0.2, 0) is 4.79 Å². The summed E-state index contributed by atoms with van der Waals surface area (Å²) >= 11 is 1.10. The molecule has 0 bridgehead atoms. The Hall–Kier alpha value is -3.72. The second-order valence-corrected chi connectivity index (χ2v) is 7.57. The van der Waals surface area contributed by atoms with Crippen molar-refractivity contribution in [1.82, 2.24) is 9.55 Å². The minimum atomic E-state index is -2.94. The predicted octanol–water partition coefficient (Wildman–Crippen LogP) is 4.72. The molecule has 0 radical (unpaired) electrons. The van der Waals surface area contributed by atoms with Gasteiger partial charge in [-0.3, -0.25) is 14.2 Å². The number of nitrogens with one attached hydrogen (secondary N) is 1. The Morgan fingerprint density at radius 2 is 1.69 bits per heavy atom. The monoisotopic (exact) mass is 453 g/mol. The topological polar surface area (TPSA) is 73.2 Å². The number of fused-ring (bicyclic) bond motifs is 1. The number of carbonyl (C=O) groups is 1. The molecule has 1 N–H and O–H groups in total. The van der Waals surface area contributed by atoms with Crippen LogP contribution in [0.3, 0.4) is 0 Å². The molecule has 1 amide bonds. The Morgan fingerprint density at radius 3 is 2.41 bits per heavy atom. The number of hydrogen-bond donors (Lipinski definition) is 1. The standard InChI is InChI=1S/C23H17F2N3O3S/c24-22(25)31-17-12-10-16(11-13-17)28-21(30)18-8-4-5-9-19(18)27-23(28)32-14-20(29)26-15-6-2-1-3-7-15/h1-13,22H,14H2,(H,26,29). The summed E-state index contributed by atoms with van der Waals surface area (Å²) in [5.41, 5.74) is 1.25. The first-order valence-corrected chi connectivity index (χ1v) is 10.5. The summed E-state index contributed by atoms with van der Waals surface area (Å²) in [4.78, 5) is 30.2. The molecule has 0 unspecified atom stereocenters. The number of aromatic nitrogens is 2. The quantitative estimate of drug-likeness (QED) is 0.324. The predicted molar refractivity (Wildman–Crippen MR) is 120 cm³/mol. The number of rotatable bonds is 7. The molecule has 0 aliphatic rings. The van der Waals surface area contributed by atoms with Crippen LogP contribution in [-0.4, -0.2) is 27.8 Å². The number of carbonyl (C=O) groups excluding carboxylic acids is 1. The molecule has 0 spiro atoms. The van der Waals surface area contributed by atoms with E-state index >= 15 is 0 Å². The molecule has 9 heteroatoms. The summed E-state index contributed by atoms with van der Waals surface area (Å²) in [5.74, 6) is -0.260. The molecule has 32 heavy (non-hydrogen) atoms. The van der Waals surface area contributed by atoms with Crippen LogP contribution in [0.25, 0.3) is 16.6 Å². The first-order chi connectivity index (χ1) is 15.5. The molecule has 1 aromatic heterocycles. The number of benzene rings is 3. The van der Waals surface area contributed by atoms with Gasteiger partial charge in [-0.1, -0.05) is 42.1 Å². The largest absolute Gasteiger partial charge is 0.435 e. The van der Waals surface area contributed by atoms with Crippen molar-refractivity contribution < 1.29 is 18.3 Å². The molecule has 0 saturated heterocycles. The molecule has 1 heterocycles. The molecular weight excluding hydrogens is 436 g/mol. The van der Waals surface area contributed by atoms with Crippen molar-refractivity contribution in [2.24, 2.45) is 0 Å². The van der Waals surface area contributed by atoms with Crippen LogP contribution in [0.15, 0.2) is 88.8 Å². The van der Waals surface area contributed by atoms with E-state index in [9.17, 15) is 18.4 Å². The van der Waals surface area contributed by atoms with E-state index in [-0.39, 0.29) is 23.0 Å². The zero-order valence-electron chi connectivity index (χ0n) is 16.6. The van der Waals surface area contributed by atoms with E-state index in [0.717, 1.165) is 11.8 Å². The van der Waals surface area contributed by atoms with E-state index < -0.39 is 6.61 Å².